The summed E-state index contributed by atoms with van der Waals surface area (Å²) >= 11 is 7.22. The number of nitrogens with zero attached hydrogens (tertiary/aromatic N) is 1. The van der Waals surface area contributed by atoms with Crippen LogP contribution in [0.15, 0.2) is 58.2 Å². The molecule has 1 N–H and O–H groups in total. The van der Waals surface area contributed by atoms with Crippen molar-refractivity contribution in [1.29, 1.82) is 0 Å². The van der Waals surface area contributed by atoms with E-state index in [4.69, 9.17) is 16.0 Å². The third-order valence-corrected chi connectivity index (χ3v) is 4.29. The van der Waals surface area contributed by atoms with E-state index in [0.717, 1.165) is 23.1 Å². The van der Waals surface area contributed by atoms with Gasteiger partial charge in [0.1, 0.15) is 5.52 Å². The zero-order valence-electron chi connectivity index (χ0n) is 12.3. The number of carbonyl (C=O) groups excluding carboxylic acids is 1. The quantitative estimate of drug-likeness (QED) is 0.687. The number of aromatic nitrogens is 1. The van der Waals surface area contributed by atoms with Crippen molar-refractivity contribution in [3.8, 4) is 0 Å². The summed E-state index contributed by atoms with van der Waals surface area (Å²) < 4.78 is 5.56. The molecule has 118 valence electrons. The number of nitrogens with one attached hydrogen (secondary N) is 1. The van der Waals surface area contributed by atoms with Crippen molar-refractivity contribution in [2.24, 2.45) is 0 Å². The molecular weight excluding hydrogens is 332 g/mol. The fourth-order valence-electron chi connectivity index (χ4n) is 2.13. The maximum atomic E-state index is 11.9. The Bertz CT molecular complexity index is 786. The minimum Gasteiger partial charge on any atom is -0.431 e. The predicted molar refractivity (Wildman–Crippen MR) is 92.9 cm³/mol. The van der Waals surface area contributed by atoms with Gasteiger partial charge >= 0.3 is 0 Å². The Labute approximate surface area is 143 Å². The van der Waals surface area contributed by atoms with Gasteiger partial charge in [-0.15, -0.1) is 0 Å². The van der Waals surface area contributed by atoms with Gasteiger partial charge in [0.2, 0.25) is 5.91 Å². The molecule has 0 fully saturated rings. The lowest BCUT2D eigenvalue weighted by Crippen LogP contribution is -2.27. The Morgan fingerprint density at radius 1 is 1.22 bits per heavy atom. The Hall–Kier alpha value is -1.98. The molecule has 0 aliphatic carbocycles. The lowest BCUT2D eigenvalue weighted by molar-refractivity contribution is -0.118. The highest BCUT2D eigenvalue weighted by Crippen LogP contribution is 2.22. The van der Waals surface area contributed by atoms with Crippen molar-refractivity contribution in [2.75, 3.05) is 12.3 Å². The molecule has 3 aromatic rings. The largest absolute Gasteiger partial charge is 0.431 e. The molecule has 0 saturated heterocycles. The SMILES string of the molecule is O=C(CSc1nc2ccccc2o1)NCCc1cccc(Cl)c1. The molecule has 3 rings (SSSR count). The van der Waals surface area contributed by atoms with E-state index in [1.54, 1.807) is 0 Å². The number of oxazole rings is 1. The number of rotatable bonds is 6. The average molecular weight is 347 g/mol. The van der Waals surface area contributed by atoms with Crippen LogP contribution in [0.4, 0.5) is 0 Å². The number of thioether (sulfide) groups is 1. The molecule has 6 heteroatoms. The zero-order chi connectivity index (χ0) is 16.1. The molecule has 23 heavy (non-hydrogen) atoms. The fourth-order valence-corrected chi connectivity index (χ4v) is 3.01. The summed E-state index contributed by atoms with van der Waals surface area (Å²) in [5.41, 5.74) is 2.64. The van der Waals surface area contributed by atoms with E-state index in [1.807, 2.05) is 48.5 Å². The maximum Gasteiger partial charge on any atom is 0.257 e. The van der Waals surface area contributed by atoms with E-state index in [9.17, 15) is 4.79 Å². The summed E-state index contributed by atoms with van der Waals surface area (Å²) in [5, 5.41) is 4.10. The van der Waals surface area contributed by atoms with E-state index in [0.29, 0.717) is 16.8 Å². The molecule has 0 aliphatic heterocycles. The molecule has 0 saturated carbocycles. The highest BCUT2D eigenvalue weighted by atomic mass is 35.5. The Morgan fingerprint density at radius 3 is 2.91 bits per heavy atom. The third kappa shape index (κ3) is 4.50. The molecule has 0 bridgehead atoms. The minimum absolute atomic E-state index is 0.0423. The van der Waals surface area contributed by atoms with Crippen LogP contribution >= 0.6 is 23.4 Å². The lowest BCUT2D eigenvalue weighted by atomic mass is 10.1. The molecule has 0 atom stereocenters. The first-order valence-corrected chi connectivity index (χ1v) is 8.56. The molecule has 0 radical (unpaired) electrons. The van der Waals surface area contributed by atoms with E-state index in [2.05, 4.69) is 10.3 Å². The van der Waals surface area contributed by atoms with Crippen LogP contribution < -0.4 is 5.32 Å². The van der Waals surface area contributed by atoms with Crippen molar-refractivity contribution >= 4 is 40.4 Å². The molecule has 1 heterocycles. The summed E-state index contributed by atoms with van der Waals surface area (Å²) in [4.78, 5) is 16.2. The van der Waals surface area contributed by atoms with Gasteiger partial charge < -0.3 is 9.73 Å². The fraction of sp³-hybridized carbons (Fsp3) is 0.176. The zero-order valence-corrected chi connectivity index (χ0v) is 13.9. The predicted octanol–water partition coefficient (Wildman–Crippen LogP) is 3.93. The van der Waals surface area contributed by atoms with Crippen molar-refractivity contribution in [2.45, 2.75) is 11.6 Å². The first-order valence-electron chi connectivity index (χ1n) is 7.20. The molecule has 0 spiro atoms. The van der Waals surface area contributed by atoms with E-state index in [1.165, 1.54) is 11.8 Å². The second-order valence-electron chi connectivity index (χ2n) is 4.97. The smallest absolute Gasteiger partial charge is 0.257 e. The van der Waals surface area contributed by atoms with Crippen LogP contribution in [0.3, 0.4) is 0 Å². The topological polar surface area (TPSA) is 55.1 Å². The first-order chi connectivity index (χ1) is 11.2. The molecule has 4 nitrogen and oxygen atoms in total. The number of amides is 1. The van der Waals surface area contributed by atoms with Gasteiger partial charge in [0.05, 0.1) is 5.75 Å². The van der Waals surface area contributed by atoms with Gasteiger partial charge in [-0.2, -0.15) is 0 Å². The number of benzene rings is 2. The molecular formula is C17H15ClN2O2S. The number of carbonyl (C=O) groups is 1. The molecule has 2 aromatic carbocycles. The number of fused-ring (bicyclic) bond motifs is 1. The first kappa shape index (κ1) is 15.9. The summed E-state index contributed by atoms with van der Waals surface area (Å²) in [6.07, 6.45) is 0.750. The minimum atomic E-state index is -0.0423. The van der Waals surface area contributed by atoms with E-state index >= 15 is 0 Å². The monoisotopic (exact) mass is 346 g/mol. The van der Waals surface area contributed by atoms with Crippen LogP contribution in [0.1, 0.15) is 5.56 Å². The Kier molecular flexibility index (Phi) is 5.20. The van der Waals surface area contributed by atoms with Crippen LogP contribution in [0.2, 0.25) is 5.02 Å². The van der Waals surface area contributed by atoms with Gasteiger partial charge in [-0.25, -0.2) is 4.98 Å². The highest BCUT2D eigenvalue weighted by molar-refractivity contribution is 7.99. The third-order valence-electron chi connectivity index (χ3n) is 3.23. The van der Waals surface area contributed by atoms with Crippen LogP contribution in [-0.4, -0.2) is 23.2 Å². The van der Waals surface area contributed by atoms with Gasteiger partial charge in [-0.3, -0.25) is 4.79 Å². The van der Waals surface area contributed by atoms with Crippen LogP contribution in [0, 0.1) is 0 Å². The molecule has 1 aromatic heterocycles. The Balaban J connectivity index is 1.44. The number of halogens is 1. The summed E-state index contributed by atoms with van der Waals surface area (Å²) in [7, 11) is 0. The lowest BCUT2D eigenvalue weighted by Gasteiger charge is -2.04. The van der Waals surface area contributed by atoms with Crippen LogP contribution in [0.5, 0.6) is 0 Å². The highest BCUT2D eigenvalue weighted by Gasteiger charge is 2.08. The second kappa shape index (κ2) is 7.53. The molecule has 0 unspecified atom stereocenters. The van der Waals surface area contributed by atoms with Crippen LogP contribution in [-0.2, 0) is 11.2 Å². The van der Waals surface area contributed by atoms with Gasteiger partial charge in [-0.05, 0) is 36.2 Å². The Morgan fingerprint density at radius 2 is 2.09 bits per heavy atom. The van der Waals surface area contributed by atoms with Gasteiger partial charge in [0.15, 0.2) is 5.58 Å². The standard InChI is InChI=1S/C17H15ClN2O2S/c18-13-5-3-4-12(10-13)8-9-19-16(21)11-23-17-20-14-6-1-2-7-15(14)22-17/h1-7,10H,8-9,11H2,(H,19,21). The van der Waals surface area contributed by atoms with Gasteiger partial charge in [0, 0.05) is 11.6 Å². The summed E-state index contributed by atoms with van der Waals surface area (Å²) in [6, 6.07) is 15.2. The number of hydrogen-bond donors (Lipinski definition) is 1. The second-order valence-corrected chi connectivity index (χ2v) is 6.33. The molecule has 0 aliphatic rings. The average Bonchev–Trinajstić information content (AvgIpc) is 2.96. The number of hydrogen-bond acceptors (Lipinski definition) is 4. The number of para-hydroxylation sites is 2. The normalized spacial score (nSPS) is 10.8. The van der Waals surface area contributed by atoms with Crippen LogP contribution in [0.25, 0.3) is 11.1 Å². The van der Waals surface area contributed by atoms with Crippen molar-refractivity contribution < 1.29 is 9.21 Å². The van der Waals surface area contributed by atoms with Gasteiger partial charge in [-0.1, -0.05) is 47.6 Å². The maximum absolute atomic E-state index is 11.9. The summed E-state index contributed by atoms with van der Waals surface area (Å²) in [5.74, 6) is 0.238. The van der Waals surface area contributed by atoms with Crippen molar-refractivity contribution in [1.82, 2.24) is 10.3 Å². The van der Waals surface area contributed by atoms with E-state index < -0.39 is 0 Å². The van der Waals surface area contributed by atoms with Gasteiger partial charge in [0.25, 0.3) is 5.22 Å². The van der Waals surface area contributed by atoms with Crippen molar-refractivity contribution in [3.05, 3.63) is 59.1 Å². The molecule has 1 amide bonds. The van der Waals surface area contributed by atoms with Crippen molar-refractivity contribution in [3.63, 3.8) is 0 Å². The van der Waals surface area contributed by atoms with E-state index in [-0.39, 0.29) is 11.7 Å². The summed E-state index contributed by atoms with van der Waals surface area (Å²) in [6.45, 7) is 0.577.